The van der Waals surface area contributed by atoms with Gasteiger partial charge in [-0.15, -0.1) is 11.6 Å². The number of ether oxygens (including phenoxy) is 2. The Bertz CT molecular complexity index is 538. The summed E-state index contributed by atoms with van der Waals surface area (Å²) >= 11 is 5.56. The fraction of sp³-hybridized carbons (Fsp3) is 0.500. The van der Waals surface area contributed by atoms with Crippen LogP contribution in [0.1, 0.15) is 5.56 Å². The molecular formula is C12H17ClFNO4S. The topological polar surface area (TPSA) is 64.6 Å². The number of hydrogen-bond acceptors (Lipinski definition) is 4. The lowest BCUT2D eigenvalue weighted by atomic mass is 10.2. The van der Waals surface area contributed by atoms with Gasteiger partial charge in [-0.25, -0.2) is 17.5 Å². The van der Waals surface area contributed by atoms with Gasteiger partial charge in [0, 0.05) is 26.6 Å². The maximum atomic E-state index is 13.8. The smallest absolute Gasteiger partial charge is 0.243 e. The van der Waals surface area contributed by atoms with Gasteiger partial charge in [-0.3, -0.25) is 0 Å². The van der Waals surface area contributed by atoms with Crippen molar-refractivity contribution in [3.63, 3.8) is 0 Å². The van der Waals surface area contributed by atoms with Crippen LogP contribution in [0, 0.1) is 5.82 Å². The van der Waals surface area contributed by atoms with Gasteiger partial charge in [0.25, 0.3) is 0 Å². The van der Waals surface area contributed by atoms with Gasteiger partial charge in [-0.05, 0) is 17.7 Å². The third kappa shape index (κ3) is 4.68. The predicted molar refractivity (Wildman–Crippen MR) is 73.8 cm³/mol. The average Bonchev–Trinajstić information content (AvgIpc) is 2.42. The Balaban J connectivity index is 2.83. The first kappa shape index (κ1) is 17.3. The van der Waals surface area contributed by atoms with E-state index >= 15 is 0 Å². The van der Waals surface area contributed by atoms with Crippen LogP contribution in [0.2, 0.25) is 0 Å². The Morgan fingerprint density at radius 2 is 2.10 bits per heavy atom. The lowest BCUT2D eigenvalue weighted by Crippen LogP contribution is -2.35. The van der Waals surface area contributed by atoms with Crippen LogP contribution in [0.4, 0.5) is 4.39 Å². The molecule has 114 valence electrons. The molecule has 1 aromatic rings. The predicted octanol–water partition coefficient (Wildman–Crippen LogP) is 1.50. The molecule has 0 aromatic heterocycles. The molecular weight excluding hydrogens is 309 g/mol. The zero-order valence-corrected chi connectivity index (χ0v) is 12.8. The third-order valence-electron chi connectivity index (χ3n) is 2.63. The fourth-order valence-electron chi connectivity index (χ4n) is 1.52. The van der Waals surface area contributed by atoms with Crippen LogP contribution in [0.25, 0.3) is 0 Å². The zero-order chi connectivity index (χ0) is 15.2. The maximum absolute atomic E-state index is 13.8. The molecule has 0 aliphatic rings. The van der Waals surface area contributed by atoms with Gasteiger partial charge in [-0.1, -0.05) is 6.07 Å². The van der Waals surface area contributed by atoms with E-state index in [1.807, 2.05) is 0 Å². The van der Waals surface area contributed by atoms with Crippen molar-refractivity contribution in [3.8, 4) is 0 Å². The van der Waals surface area contributed by atoms with Gasteiger partial charge in [0.15, 0.2) is 0 Å². The van der Waals surface area contributed by atoms with Crippen molar-refractivity contribution < 1.29 is 22.3 Å². The van der Waals surface area contributed by atoms with Crippen molar-refractivity contribution in [2.45, 2.75) is 16.9 Å². The molecule has 0 spiro atoms. The van der Waals surface area contributed by atoms with E-state index in [-0.39, 0.29) is 19.0 Å². The molecule has 0 saturated carbocycles. The zero-order valence-electron chi connectivity index (χ0n) is 11.2. The van der Waals surface area contributed by atoms with E-state index in [9.17, 15) is 12.8 Å². The normalized spacial score (nSPS) is 13.4. The summed E-state index contributed by atoms with van der Waals surface area (Å²) in [6.45, 7) is 0.218. The molecule has 1 aromatic carbocycles. The summed E-state index contributed by atoms with van der Waals surface area (Å²) in [6.07, 6.45) is -0.444. The molecule has 1 N–H and O–H groups in total. The fourth-order valence-corrected chi connectivity index (χ4v) is 2.81. The second kappa shape index (κ2) is 7.90. The highest BCUT2D eigenvalue weighted by molar-refractivity contribution is 7.89. The molecule has 0 radical (unpaired) electrons. The summed E-state index contributed by atoms with van der Waals surface area (Å²) < 4.78 is 49.9. The minimum atomic E-state index is -3.94. The highest BCUT2D eigenvalue weighted by Crippen LogP contribution is 2.17. The molecule has 0 heterocycles. The van der Waals surface area contributed by atoms with Crippen LogP contribution < -0.4 is 4.72 Å². The summed E-state index contributed by atoms with van der Waals surface area (Å²) in [5.74, 6) is -0.721. The standard InChI is InChI=1S/C12H17ClFNO4S/c1-18-8-10(19-2)7-15-20(16,17)12-4-3-9(6-13)5-11(12)14/h3-5,10,15H,6-8H2,1-2H3. The number of hydrogen-bond donors (Lipinski definition) is 1. The number of sulfonamides is 1. The monoisotopic (exact) mass is 325 g/mol. The molecule has 5 nitrogen and oxygen atoms in total. The van der Waals surface area contributed by atoms with Crippen molar-refractivity contribution >= 4 is 21.6 Å². The molecule has 0 aliphatic carbocycles. The number of halogens is 2. The minimum Gasteiger partial charge on any atom is -0.382 e. The van der Waals surface area contributed by atoms with Crippen molar-refractivity contribution in [1.82, 2.24) is 4.72 Å². The summed E-state index contributed by atoms with van der Waals surface area (Å²) in [6, 6.07) is 3.76. The van der Waals surface area contributed by atoms with Gasteiger partial charge in [0.05, 0.1) is 12.7 Å². The van der Waals surface area contributed by atoms with Crippen LogP contribution in [-0.4, -0.2) is 41.9 Å². The Morgan fingerprint density at radius 1 is 1.40 bits per heavy atom. The van der Waals surface area contributed by atoms with Crippen molar-refractivity contribution in [1.29, 1.82) is 0 Å². The first-order valence-corrected chi connectivity index (χ1v) is 7.82. The van der Waals surface area contributed by atoms with E-state index in [4.69, 9.17) is 21.1 Å². The Morgan fingerprint density at radius 3 is 2.60 bits per heavy atom. The van der Waals surface area contributed by atoms with E-state index in [1.165, 1.54) is 26.4 Å². The summed E-state index contributed by atoms with van der Waals surface area (Å²) in [7, 11) is -1.03. The minimum absolute atomic E-state index is 0.0105. The molecule has 1 unspecified atom stereocenters. The maximum Gasteiger partial charge on any atom is 0.243 e. The van der Waals surface area contributed by atoms with E-state index in [0.717, 1.165) is 6.07 Å². The lowest BCUT2D eigenvalue weighted by Gasteiger charge is -2.15. The van der Waals surface area contributed by atoms with Crippen molar-refractivity contribution in [2.75, 3.05) is 27.4 Å². The van der Waals surface area contributed by atoms with Crippen LogP contribution in [0.15, 0.2) is 23.1 Å². The first-order valence-electron chi connectivity index (χ1n) is 5.80. The van der Waals surface area contributed by atoms with E-state index in [2.05, 4.69) is 4.72 Å². The number of alkyl halides is 1. The molecule has 1 atom stereocenters. The van der Waals surface area contributed by atoms with Gasteiger partial charge in [0.1, 0.15) is 10.7 Å². The van der Waals surface area contributed by atoms with Gasteiger partial charge < -0.3 is 9.47 Å². The van der Waals surface area contributed by atoms with Crippen LogP contribution >= 0.6 is 11.6 Å². The summed E-state index contributed by atoms with van der Waals surface area (Å²) in [5.41, 5.74) is 0.511. The second-order valence-electron chi connectivity index (χ2n) is 4.06. The quantitative estimate of drug-likeness (QED) is 0.736. The lowest BCUT2D eigenvalue weighted by molar-refractivity contribution is 0.0320. The van der Waals surface area contributed by atoms with Gasteiger partial charge in [-0.2, -0.15) is 0 Å². The largest absolute Gasteiger partial charge is 0.382 e. The summed E-state index contributed by atoms with van der Waals surface area (Å²) in [5, 5.41) is 0. The second-order valence-corrected chi connectivity index (χ2v) is 6.07. The highest BCUT2D eigenvalue weighted by atomic mass is 35.5. The van der Waals surface area contributed by atoms with E-state index in [1.54, 1.807) is 0 Å². The molecule has 0 bridgehead atoms. The first-order chi connectivity index (χ1) is 9.44. The average molecular weight is 326 g/mol. The molecule has 0 saturated heterocycles. The SMILES string of the molecule is COCC(CNS(=O)(=O)c1ccc(CCl)cc1F)OC. The van der Waals surface area contributed by atoms with Crippen LogP contribution in [0.3, 0.4) is 0 Å². The van der Waals surface area contributed by atoms with Crippen LogP contribution in [-0.2, 0) is 25.4 Å². The molecule has 0 fully saturated rings. The van der Waals surface area contributed by atoms with Crippen molar-refractivity contribution in [2.24, 2.45) is 0 Å². The van der Waals surface area contributed by atoms with E-state index < -0.39 is 26.8 Å². The number of benzene rings is 1. The highest BCUT2D eigenvalue weighted by Gasteiger charge is 2.20. The van der Waals surface area contributed by atoms with Gasteiger partial charge in [0.2, 0.25) is 10.0 Å². The molecule has 8 heteroatoms. The summed E-state index contributed by atoms with van der Waals surface area (Å²) in [4.78, 5) is -0.418. The number of nitrogens with one attached hydrogen (secondary N) is 1. The Labute approximate surface area is 123 Å². The third-order valence-corrected chi connectivity index (χ3v) is 4.39. The van der Waals surface area contributed by atoms with E-state index in [0.29, 0.717) is 5.56 Å². The number of rotatable bonds is 8. The Hall–Kier alpha value is -0.730. The molecule has 1 rings (SSSR count). The number of methoxy groups -OCH3 is 2. The van der Waals surface area contributed by atoms with Gasteiger partial charge >= 0.3 is 0 Å². The van der Waals surface area contributed by atoms with Crippen LogP contribution in [0.5, 0.6) is 0 Å². The van der Waals surface area contributed by atoms with Crippen molar-refractivity contribution in [3.05, 3.63) is 29.6 Å². The molecule has 0 amide bonds. The molecule has 20 heavy (non-hydrogen) atoms. The Kier molecular flexibility index (Phi) is 6.84. The molecule has 0 aliphatic heterocycles.